The van der Waals surface area contributed by atoms with Crippen LogP contribution in [0.15, 0.2) is 60.7 Å². The molecule has 1 fully saturated rings. The lowest BCUT2D eigenvalue weighted by Crippen LogP contribution is -2.51. The number of carbonyl (C=O) groups excluding carboxylic acids is 2. The summed E-state index contributed by atoms with van der Waals surface area (Å²) < 4.78 is 0. The van der Waals surface area contributed by atoms with E-state index in [0.29, 0.717) is 11.6 Å². The van der Waals surface area contributed by atoms with Gasteiger partial charge < -0.3 is 15.3 Å². The molecular formula is C28H29N3O3. The first-order valence-electron chi connectivity index (χ1n) is 12.1. The van der Waals surface area contributed by atoms with E-state index in [1.165, 1.54) is 28.9 Å². The first-order chi connectivity index (χ1) is 16.5. The Morgan fingerprint density at radius 1 is 1.06 bits per heavy atom. The minimum atomic E-state index is -1.81. The smallest absolute Gasteiger partial charge is 0.264 e. The average Bonchev–Trinajstić information content (AvgIpc) is 3.34. The summed E-state index contributed by atoms with van der Waals surface area (Å²) in [6, 6.07) is 20.9. The molecule has 6 nitrogen and oxygen atoms in total. The van der Waals surface area contributed by atoms with Crippen LogP contribution < -0.4 is 10.2 Å². The van der Waals surface area contributed by atoms with Crippen molar-refractivity contribution < 1.29 is 14.7 Å². The minimum Gasteiger partial charge on any atom is -0.375 e. The SMILES string of the molecule is CNC(=O)C[C@@]1(O)C(=O)N(C2CCN([C@@H]3Cc4cccc5cccc3c45)CC2)c2ccccc21. The molecule has 2 amide bonds. The Hall–Kier alpha value is -3.22. The Bertz CT molecular complexity index is 1290. The number of hydrogen-bond acceptors (Lipinski definition) is 4. The van der Waals surface area contributed by atoms with Crippen molar-refractivity contribution >= 4 is 28.3 Å². The monoisotopic (exact) mass is 455 g/mol. The summed E-state index contributed by atoms with van der Waals surface area (Å²) in [4.78, 5) is 30.0. The van der Waals surface area contributed by atoms with Crippen LogP contribution in [0.25, 0.3) is 10.8 Å². The highest BCUT2D eigenvalue weighted by Gasteiger charge is 2.52. The summed E-state index contributed by atoms with van der Waals surface area (Å²) in [6.07, 6.45) is 2.43. The molecule has 0 spiro atoms. The molecule has 2 heterocycles. The van der Waals surface area contributed by atoms with Crippen LogP contribution >= 0.6 is 0 Å². The molecule has 6 rings (SSSR count). The molecule has 0 radical (unpaired) electrons. The number of benzene rings is 3. The van der Waals surface area contributed by atoms with E-state index in [1.807, 2.05) is 18.2 Å². The van der Waals surface area contributed by atoms with Gasteiger partial charge in [-0.1, -0.05) is 54.6 Å². The van der Waals surface area contributed by atoms with E-state index in [0.717, 1.165) is 38.0 Å². The molecule has 34 heavy (non-hydrogen) atoms. The lowest BCUT2D eigenvalue weighted by molar-refractivity contribution is -0.143. The normalized spacial score (nSPS) is 24.6. The first kappa shape index (κ1) is 21.3. The van der Waals surface area contributed by atoms with Crippen molar-refractivity contribution in [1.82, 2.24) is 10.2 Å². The summed E-state index contributed by atoms with van der Waals surface area (Å²) in [5, 5.41) is 16.6. The van der Waals surface area contributed by atoms with Crippen LogP contribution in [0.4, 0.5) is 5.69 Å². The number of piperidine rings is 1. The summed E-state index contributed by atoms with van der Waals surface area (Å²) in [7, 11) is 1.52. The fraction of sp³-hybridized carbons (Fsp3) is 0.357. The number of anilines is 1. The second kappa shape index (κ2) is 7.93. The van der Waals surface area contributed by atoms with Gasteiger partial charge in [0.1, 0.15) is 0 Å². The molecule has 0 aromatic heterocycles. The molecule has 0 unspecified atom stereocenters. The molecule has 3 aromatic carbocycles. The topological polar surface area (TPSA) is 72.9 Å². The molecule has 3 aromatic rings. The van der Waals surface area contributed by atoms with Gasteiger partial charge in [0.05, 0.1) is 12.1 Å². The van der Waals surface area contributed by atoms with Crippen molar-refractivity contribution in [2.75, 3.05) is 25.0 Å². The third-order valence-electron chi connectivity index (χ3n) is 7.98. The Morgan fingerprint density at radius 3 is 2.56 bits per heavy atom. The average molecular weight is 456 g/mol. The Kier molecular flexibility index (Phi) is 4.97. The van der Waals surface area contributed by atoms with Crippen molar-refractivity contribution in [2.24, 2.45) is 0 Å². The molecule has 1 aliphatic carbocycles. The zero-order valence-electron chi connectivity index (χ0n) is 19.3. The zero-order valence-corrected chi connectivity index (χ0v) is 19.3. The van der Waals surface area contributed by atoms with Crippen molar-refractivity contribution in [3.05, 3.63) is 77.4 Å². The van der Waals surface area contributed by atoms with Crippen LogP contribution in [0.1, 0.15) is 42.0 Å². The highest BCUT2D eigenvalue weighted by molar-refractivity contribution is 6.09. The van der Waals surface area contributed by atoms with Gasteiger partial charge in [0.15, 0.2) is 5.60 Å². The van der Waals surface area contributed by atoms with Gasteiger partial charge >= 0.3 is 0 Å². The molecule has 0 bridgehead atoms. The first-order valence-corrected chi connectivity index (χ1v) is 12.1. The van der Waals surface area contributed by atoms with Crippen molar-refractivity contribution in [2.45, 2.75) is 43.4 Å². The maximum absolute atomic E-state index is 13.5. The van der Waals surface area contributed by atoms with Crippen LogP contribution in [0, 0.1) is 0 Å². The third kappa shape index (κ3) is 3.09. The van der Waals surface area contributed by atoms with Gasteiger partial charge in [-0.3, -0.25) is 14.5 Å². The van der Waals surface area contributed by atoms with Crippen LogP contribution in [0.2, 0.25) is 0 Å². The number of hydrogen-bond donors (Lipinski definition) is 2. The minimum absolute atomic E-state index is 0.00295. The number of nitrogens with one attached hydrogen (secondary N) is 1. The predicted molar refractivity (Wildman–Crippen MR) is 131 cm³/mol. The number of nitrogens with zero attached hydrogens (tertiary/aromatic N) is 2. The largest absolute Gasteiger partial charge is 0.375 e. The van der Waals surface area contributed by atoms with E-state index in [1.54, 1.807) is 11.0 Å². The van der Waals surface area contributed by atoms with Crippen LogP contribution in [-0.2, 0) is 21.6 Å². The number of carbonyl (C=O) groups is 2. The van der Waals surface area contributed by atoms with Crippen molar-refractivity contribution in [1.29, 1.82) is 0 Å². The number of rotatable bonds is 4. The Labute approximate surface area is 199 Å². The van der Waals surface area contributed by atoms with E-state index in [-0.39, 0.29) is 24.3 Å². The van der Waals surface area contributed by atoms with E-state index in [2.05, 4.69) is 46.6 Å². The van der Waals surface area contributed by atoms with E-state index in [4.69, 9.17) is 0 Å². The number of aliphatic hydroxyl groups is 1. The molecule has 3 aliphatic rings. The fourth-order valence-electron chi connectivity index (χ4n) is 6.31. The van der Waals surface area contributed by atoms with E-state index >= 15 is 0 Å². The molecule has 2 N–H and O–H groups in total. The summed E-state index contributed by atoms with van der Waals surface area (Å²) in [5.74, 6) is -0.730. The summed E-state index contributed by atoms with van der Waals surface area (Å²) in [5.41, 5.74) is 2.29. The van der Waals surface area contributed by atoms with E-state index in [9.17, 15) is 14.7 Å². The summed E-state index contributed by atoms with van der Waals surface area (Å²) in [6.45, 7) is 1.78. The molecule has 0 saturated carbocycles. The van der Waals surface area contributed by atoms with Gasteiger partial charge in [0, 0.05) is 37.8 Å². The number of likely N-dealkylation sites (tertiary alicyclic amines) is 1. The molecule has 2 atom stereocenters. The van der Waals surface area contributed by atoms with Gasteiger partial charge in [-0.05, 0) is 47.2 Å². The van der Waals surface area contributed by atoms with Crippen LogP contribution in [0.3, 0.4) is 0 Å². The van der Waals surface area contributed by atoms with Gasteiger partial charge in [-0.15, -0.1) is 0 Å². The maximum atomic E-state index is 13.5. The predicted octanol–water partition coefficient (Wildman–Crippen LogP) is 3.27. The van der Waals surface area contributed by atoms with E-state index < -0.39 is 5.60 Å². The Balaban J connectivity index is 1.23. The Morgan fingerprint density at radius 2 is 1.79 bits per heavy atom. The molecule has 174 valence electrons. The quantitative estimate of drug-likeness (QED) is 0.633. The number of fused-ring (bicyclic) bond motifs is 1. The molecule has 1 saturated heterocycles. The van der Waals surface area contributed by atoms with Crippen LogP contribution in [-0.4, -0.2) is 48.0 Å². The van der Waals surface area contributed by atoms with Gasteiger partial charge in [0.25, 0.3) is 5.91 Å². The lowest BCUT2D eigenvalue weighted by atomic mass is 9.91. The highest BCUT2D eigenvalue weighted by Crippen LogP contribution is 2.46. The maximum Gasteiger partial charge on any atom is 0.264 e. The lowest BCUT2D eigenvalue weighted by Gasteiger charge is -2.40. The van der Waals surface area contributed by atoms with Gasteiger partial charge in [-0.2, -0.15) is 0 Å². The highest BCUT2D eigenvalue weighted by atomic mass is 16.3. The number of para-hydroxylation sites is 1. The summed E-state index contributed by atoms with van der Waals surface area (Å²) >= 11 is 0. The van der Waals surface area contributed by atoms with Crippen LogP contribution in [0.5, 0.6) is 0 Å². The zero-order chi connectivity index (χ0) is 23.4. The fourth-order valence-corrected chi connectivity index (χ4v) is 6.31. The second-order valence-corrected chi connectivity index (χ2v) is 9.75. The van der Waals surface area contributed by atoms with Gasteiger partial charge in [-0.25, -0.2) is 0 Å². The standard InChI is InChI=1S/C28H29N3O3/c1-29-25(32)17-28(34)22-10-2-3-11-23(22)31(27(28)33)20-12-14-30(15-13-20)24-16-19-8-4-6-18-7-5-9-21(24)26(18)19/h2-11,20,24,34H,12-17H2,1H3,(H,29,32)/t24-,28+/m1/s1. The van der Waals surface area contributed by atoms with Crippen molar-refractivity contribution in [3.8, 4) is 0 Å². The van der Waals surface area contributed by atoms with Crippen molar-refractivity contribution in [3.63, 3.8) is 0 Å². The molecular weight excluding hydrogens is 426 g/mol. The second-order valence-electron chi connectivity index (χ2n) is 9.75. The number of amides is 2. The third-order valence-corrected chi connectivity index (χ3v) is 7.98. The van der Waals surface area contributed by atoms with Gasteiger partial charge in [0.2, 0.25) is 5.91 Å². The molecule has 6 heteroatoms. The molecule has 2 aliphatic heterocycles.